The maximum atomic E-state index is 11.6. The Morgan fingerprint density at radius 2 is 1.96 bits per heavy atom. The summed E-state index contributed by atoms with van der Waals surface area (Å²) in [7, 11) is 0. The Morgan fingerprint density at radius 1 is 1.22 bits per heavy atom. The van der Waals surface area contributed by atoms with Crippen LogP contribution in [-0.4, -0.2) is 22.8 Å². The summed E-state index contributed by atoms with van der Waals surface area (Å²) in [6.45, 7) is 4.02. The third-order valence-corrected chi connectivity index (χ3v) is 3.86. The molecule has 1 aliphatic rings. The van der Waals surface area contributed by atoms with Crippen molar-refractivity contribution < 1.29 is 19.4 Å². The van der Waals surface area contributed by atoms with Crippen molar-refractivity contribution in [2.75, 3.05) is 0 Å². The number of carbonyl (C=O) groups is 1. The minimum Gasteiger partial charge on any atom is -0.483 e. The van der Waals surface area contributed by atoms with Gasteiger partial charge in [-0.25, -0.2) is 4.79 Å². The minimum atomic E-state index is -0.983. The van der Waals surface area contributed by atoms with E-state index in [2.05, 4.69) is 0 Å². The Kier molecular flexibility index (Phi) is 3.99. The van der Waals surface area contributed by atoms with E-state index in [0.717, 1.165) is 17.5 Å². The van der Waals surface area contributed by atoms with Crippen molar-refractivity contribution in [2.24, 2.45) is 0 Å². The van der Waals surface area contributed by atoms with Gasteiger partial charge in [0.2, 0.25) is 0 Å². The molecule has 4 heteroatoms. The number of rotatable bonds is 5. The quantitative estimate of drug-likeness (QED) is 0.918. The molecule has 0 aromatic heterocycles. The van der Waals surface area contributed by atoms with E-state index in [-0.39, 0.29) is 5.60 Å². The highest BCUT2D eigenvalue weighted by atomic mass is 16.6. The predicted molar refractivity (Wildman–Crippen MR) is 87.1 cm³/mol. The van der Waals surface area contributed by atoms with Gasteiger partial charge in [-0.2, -0.15) is 0 Å². The number of benzene rings is 2. The number of para-hydroxylation sites is 1. The number of hydrogen-bond acceptors (Lipinski definition) is 3. The van der Waals surface area contributed by atoms with Crippen LogP contribution in [0.5, 0.6) is 11.5 Å². The van der Waals surface area contributed by atoms with E-state index in [1.54, 1.807) is 6.07 Å². The first-order chi connectivity index (χ1) is 10.9. The summed E-state index contributed by atoms with van der Waals surface area (Å²) in [6.07, 6.45) is 0.148. The average molecular weight is 312 g/mol. The molecule has 2 aromatic carbocycles. The van der Waals surface area contributed by atoms with Crippen LogP contribution in [0.4, 0.5) is 0 Å². The molecule has 0 amide bonds. The van der Waals surface area contributed by atoms with Gasteiger partial charge in [-0.3, -0.25) is 0 Å². The monoisotopic (exact) mass is 312 g/mol. The van der Waals surface area contributed by atoms with E-state index in [0.29, 0.717) is 17.9 Å². The Labute approximate surface area is 135 Å². The molecule has 1 heterocycles. The Bertz CT molecular complexity index is 707. The Hall–Kier alpha value is -2.49. The zero-order valence-corrected chi connectivity index (χ0v) is 13.3. The molecule has 0 radical (unpaired) electrons. The van der Waals surface area contributed by atoms with Crippen LogP contribution in [0.1, 0.15) is 25.0 Å². The maximum Gasteiger partial charge on any atom is 0.345 e. The highest BCUT2D eigenvalue weighted by molar-refractivity contribution is 5.73. The van der Waals surface area contributed by atoms with Crippen molar-refractivity contribution in [3.05, 3.63) is 59.7 Å². The molecule has 23 heavy (non-hydrogen) atoms. The normalized spacial score (nSPS) is 16.3. The van der Waals surface area contributed by atoms with Crippen LogP contribution < -0.4 is 9.47 Å². The van der Waals surface area contributed by atoms with Crippen LogP contribution in [-0.2, 0) is 17.6 Å². The summed E-state index contributed by atoms with van der Waals surface area (Å²) < 4.78 is 11.7. The fourth-order valence-corrected chi connectivity index (χ4v) is 2.84. The van der Waals surface area contributed by atoms with Gasteiger partial charge in [0.1, 0.15) is 5.60 Å². The molecule has 2 aromatic rings. The number of aliphatic carboxylic acids is 1. The molecule has 0 saturated carbocycles. The summed E-state index contributed by atoms with van der Waals surface area (Å²) in [4.78, 5) is 11.6. The van der Waals surface area contributed by atoms with E-state index in [9.17, 15) is 9.90 Å². The van der Waals surface area contributed by atoms with Crippen LogP contribution in [0.3, 0.4) is 0 Å². The molecule has 0 bridgehead atoms. The lowest BCUT2D eigenvalue weighted by Crippen LogP contribution is -2.30. The lowest BCUT2D eigenvalue weighted by atomic mass is 10.0. The molecular formula is C19H20O4. The average Bonchev–Trinajstić information content (AvgIpc) is 2.82. The van der Waals surface area contributed by atoms with Gasteiger partial charge in [0.15, 0.2) is 17.6 Å². The molecular weight excluding hydrogens is 292 g/mol. The first-order valence-electron chi connectivity index (χ1n) is 7.69. The maximum absolute atomic E-state index is 11.6. The topological polar surface area (TPSA) is 55.8 Å². The fourth-order valence-electron chi connectivity index (χ4n) is 2.84. The van der Waals surface area contributed by atoms with E-state index >= 15 is 0 Å². The molecule has 120 valence electrons. The number of ether oxygens (including phenoxy) is 2. The molecule has 0 fully saturated rings. The summed E-state index contributed by atoms with van der Waals surface area (Å²) in [5, 5.41) is 9.48. The van der Waals surface area contributed by atoms with Gasteiger partial charge in [0, 0.05) is 18.4 Å². The largest absolute Gasteiger partial charge is 0.483 e. The number of carboxylic acids is 1. The SMILES string of the molecule is CC1(C)Cc2cccc(OC(Cc3ccccc3)C(=O)O)c2O1. The van der Waals surface area contributed by atoms with Crippen LogP contribution in [0.2, 0.25) is 0 Å². The Balaban J connectivity index is 1.83. The second kappa shape index (κ2) is 5.95. The van der Waals surface area contributed by atoms with Crippen LogP contribution >= 0.6 is 0 Å². The fraction of sp³-hybridized carbons (Fsp3) is 0.316. The van der Waals surface area contributed by atoms with E-state index in [4.69, 9.17) is 9.47 Å². The zero-order valence-electron chi connectivity index (χ0n) is 13.3. The second-order valence-electron chi connectivity index (χ2n) is 6.42. The third-order valence-electron chi connectivity index (χ3n) is 3.86. The van der Waals surface area contributed by atoms with Crippen molar-refractivity contribution in [1.29, 1.82) is 0 Å². The van der Waals surface area contributed by atoms with Crippen molar-refractivity contribution in [2.45, 2.75) is 38.4 Å². The van der Waals surface area contributed by atoms with Gasteiger partial charge in [0.25, 0.3) is 0 Å². The molecule has 3 rings (SSSR count). The van der Waals surface area contributed by atoms with Crippen LogP contribution in [0.25, 0.3) is 0 Å². The lowest BCUT2D eigenvalue weighted by molar-refractivity contribution is -0.145. The second-order valence-corrected chi connectivity index (χ2v) is 6.42. The van der Waals surface area contributed by atoms with Gasteiger partial charge < -0.3 is 14.6 Å². The number of carboxylic acid groups (broad SMARTS) is 1. The van der Waals surface area contributed by atoms with Crippen LogP contribution in [0, 0.1) is 0 Å². The number of fused-ring (bicyclic) bond motifs is 1. The molecule has 4 nitrogen and oxygen atoms in total. The molecule has 0 saturated heterocycles. The molecule has 1 aliphatic heterocycles. The summed E-state index contributed by atoms with van der Waals surface area (Å²) >= 11 is 0. The Morgan fingerprint density at radius 3 is 2.65 bits per heavy atom. The zero-order chi connectivity index (χ0) is 16.4. The smallest absolute Gasteiger partial charge is 0.345 e. The first-order valence-corrected chi connectivity index (χ1v) is 7.69. The summed E-state index contributed by atoms with van der Waals surface area (Å²) in [6, 6.07) is 15.1. The van der Waals surface area contributed by atoms with E-state index < -0.39 is 12.1 Å². The minimum absolute atomic E-state index is 0.292. The standard InChI is InChI=1S/C19H20O4/c1-19(2)12-14-9-6-10-15(17(14)23-19)22-16(18(20)21)11-13-7-4-3-5-8-13/h3-10,16H,11-12H2,1-2H3,(H,20,21). The highest BCUT2D eigenvalue weighted by Gasteiger charge is 2.33. The summed E-state index contributed by atoms with van der Waals surface area (Å²) in [5.41, 5.74) is 1.69. The first kappa shape index (κ1) is 15.4. The van der Waals surface area contributed by atoms with Gasteiger partial charge in [-0.15, -0.1) is 0 Å². The lowest BCUT2D eigenvalue weighted by Gasteiger charge is -2.20. The van der Waals surface area contributed by atoms with Gasteiger partial charge in [0.05, 0.1) is 0 Å². The van der Waals surface area contributed by atoms with Crippen LogP contribution in [0.15, 0.2) is 48.5 Å². The van der Waals surface area contributed by atoms with Crippen molar-refractivity contribution in [3.8, 4) is 11.5 Å². The summed E-state index contributed by atoms with van der Waals surface area (Å²) in [5.74, 6) is 0.178. The number of hydrogen-bond donors (Lipinski definition) is 1. The van der Waals surface area contributed by atoms with E-state index in [1.165, 1.54) is 0 Å². The molecule has 1 atom stereocenters. The van der Waals surface area contributed by atoms with Gasteiger partial charge in [-0.05, 0) is 25.5 Å². The van der Waals surface area contributed by atoms with Crippen molar-refractivity contribution >= 4 is 5.97 Å². The van der Waals surface area contributed by atoms with Crippen molar-refractivity contribution in [1.82, 2.24) is 0 Å². The van der Waals surface area contributed by atoms with Gasteiger partial charge >= 0.3 is 5.97 Å². The van der Waals surface area contributed by atoms with Gasteiger partial charge in [-0.1, -0.05) is 42.5 Å². The van der Waals surface area contributed by atoms with Crippen molar-refractivity contribution in [3.63, 3.8) is 0 Å². The predicted octanol–water partition coefficient (Wildman–Crippen LogP) is 3.47. The molecule has 1 N–H and O–H groups in total. The third kappa shape index (κ3) is 3.47. The molecule has 0 spiro atoms. The molecule has 0 aliphatic carbocycles. The molecule has 1 unspecified atom stereocenters. The highest BCUT2D eigenvalue weighted by Crippen LogP contribution is 2.42. The van der Waals surface area contributed by atoms with E-state index in [1.807, 2.05) is 56.3 Å².